The lowest BCUT2D eigenvalue weighted by molar-refractivity contribution is -0.132. The number of benzene rings is 2. The zero-order valence-corrected chi connectivity index (χ0v) is 19.2. The normalized spacial score (nSPS) is 16.9. The fourth-order valence-corrected chi connectivity index (χ4v) is 3.96. The molecule has 1 aliphatic rings. The van der Waals surface area contributed by atoms with E-state index in [1.165, 1.54) is 6.20 Å². The molecule has 5 nitrogen and oxygen atoms in total. The molecule has 8 heteroatoms. The van der Waals surface area contributed by atoms with E-state index in [-0.39, 0.29) is 32.1 Å². The van der Waals surface area contributed by atoms with Crippen LogP contribution in [-0.2, 0) is 4.79 Å². The summed E-state index contributed by atoms with van der Waals surface area (Å²) < 4.78 is 27.2. The average molecular weight is 480 g/mol. The highest BCUT2D eigenvalue weighted by molar-refractivity contribution is 7.59. The summed E-state index contributed by atoms with van der Waals surface area (Å²) in [6.07, 6.45) is 4.40. The zero-order valence-electron chi connectivity index (χ0n) is 18.2. The van der Waals surface area contributed by atoms with Crippen molar-refractivity contribution in [1.82, 2.24) is 9.88 Å². The number of fused-ring (bicyclic) bond motifs is 1. The van der Waals surface area contributed by atoms with Gasteiger partial charge in [-0.25, -0.2) is 8.78 Å². The highest BCUT2D eigenvalue weighted by Gasteiger charge is 2.47. The van der Waals surface area contributed by atoms with E-state index in [1.54, 1.807) is 12.1 Å². The van der Waals surface area contributed by atoms with E-state index in [2.05, 4.69) is 4.98 Å². The predicted molar refractivity (Wildman–Crippen MR) is 132 cm³/mol. The van der Waals surface area contributed by atoms with Crippen LogP contribution in [0.4, 0.5) is 8.78 Å². The number of Topliss-reactive ketones (excluding diaryl/α,β-unsaturated/α-hetero) is 1. The summed E-state index contributed by atoms with van der Waals surface area (Å²) in [6, 6.07) is 17.6. The molecule has 1 aliphatic heterocycles. The molecule has 2 aromatic carbocycles. The van der Waals surface area contributed by atoms with Crippen LogP contribution in [0.15, 0.2) is 60.8 Å². The van der Waals surface area contributed by atoms with Gasteiger partial charge in [0.05, 0.1) is 18.1 Å². The van der Waals surface area contributed by atoms with Crippen molar-refractivity contribution < 1.29 is 18.4 Å². The number of amides is 1. The molecule has 0 aliphatic carbocycles. The summed E-state index contributed by atoms with van der Waals surface area (Å²) >= 11 is 0. The lowest BCUT2D eigenvalue weighted by Crippen LogP contribution is -2.36. The first-order chi connectivity index (χ1) is 15.9. The molecule has 1 aromatic heterocycles. The second-order valence-electron chi connectivity index (χ2n) is 8.03. The Hall–Kier alpha value is -3.57. The van der Waals surface area contributed by atoms with Gasteiger partial charge in [0.15, 0.2) is 5.78 Å². The third-order valence-corrected chi connectivity index (χ3v) is 5.64. The number of alkyl halides is 2. The molecular formula is C26H23F2N3O2S. The standard InChI is InChI=1S/C26H21F2N3O2.H2S/c27-26(28)15-20(16-29)31(17-26)25(33)11-10-24(32)21-12-13-30-23-9-8-19(14-22(21)23)7-6-18-4-2-1-3-5-18;/h1-9,12-14,20H,10-11,15,17H2;1H2/b7-6+;/t20-;/m0./s1. The Kier molecular flexibility index (Phi) is 7.79. The molecular weight excluding hydrogens is 456 g/mol. The van der Waals surface area contributed by atoms with Crippen LogP contribution < -0.4 is 0 Å². The summed E-state index contributed by atoms with van der Waals surface area (Å²) in [5, 5.41) is 9.74. The van der Waals surface area contributed by atoms with Gasteiger partial charge in [-0.2, -0.15) is 18.8 Å². The molecule has 0 bridgehead atoms. The van der Waals surface area contributed by atoms with Gasteiger partial charge in [-0.3, -0.25) is 14.6 Å². The minimum atomic E-state index is -3.08. The molecule has 34 heavy (non-hydrogen) atoms. The third-order valence-electron chi connectivity index (χ3n) is 5.64. The van der Waals surface area contributed by atoms with Crippen LogP contribution in [0.25, 0.3) is 23.1 Å². The van der Waals surface area contributed by atoms with Crippen molar-refractivity contribution in [3.63, 3.8) is 0 Å². The lowest BCUT2D eigenvalue weighted by Gasteiger charge is -2.18. The molecule has 0 saturated carbocycles. The van der Waals surface area contributed by atoms with Gasteiger partial charge in [-0.05, 0) is 29.3 Å². The van der Waals surface area contributed by atoms with Crippen molar-refractivity contribution >= 4 is 48.2 Å². The van der Waals surface area contributed by atoms with Gasteiger partial charge in [-0.15, -0.1) is 0 Å². The number of carbonyl (C=O) groups excluding carboxylic acids is 2. The highest BCUT2D eigenvalue weighted by atomic mass is 32.1. The number of carbonyl (C=O) groups is 2. The van der Waals surface area contributed by atoms with Gasteiger partial charge in [0.1, 0.15) is 6.04 Å². The molecule has 1 amide bonds. The molecule has 0 N–H and O–H groups in total. The SMILES string of the molecule is N#C[C@@H]1CC(F)(F)CN1C(=O)CCC(=O)c1ccnc2ccc(/C=C/c3ccccc3)cc12.S. The number of ketones is 1. The summed E-state index contributed by atoms with van der Waals surface area (Å²) in [7, 11) is 0. The topological polar surface area (TPSA) is 74.1 Å². The summed E-state index contributed by atoms with van der Waals surface area (Å²) in [5.41, 5.74) is 3.00. The largest absolute Gasteiger partial charge is 0.320 e. The molecule has 1 saturated heterocycles. The van der Waals surface area contributed by atoms with Crippen molar-refractivity contribution in [1.29, 1.82) is 5.26 Å². The van der Waals surface area contributed by atoms with Crippen molar-refractivity contribution in [2.45, 2.75) is 31.2 Å². The van der Waals surface area contributed by atoms with E-state index in [0.29, 0.717) is 16.5 Å². The Morgan fingerprint density at radius 1 is 1.09 bits per heavy atom. The van der Waals surface area contributed by atoms with Crippen LogP contribution in [0.5, 0.6) is 0 Å². The van der Waals surface area contributed by atoms with Crippen molar-refractivity contribution in [2.24, 2.45) is 0 Å². The van der Waals surface area contributed by atoms with E-state index < -0.39 is 30.8 Å². The molecule has 174 valence electrons. The van der Waals surface area contributed by atoms with Crippen LogP contribution in [0.1, 0.15) is 40.7 Å². The summed E-state index contributed by atoms with van der Waals surface area (Å²) in [4.78, 5) is 30.5. The number of nitriles is 1. The molecule has 2 heterocycles. The van der Waals surface area contributed by atoms with Crippen LogP contribution in [-0.4, -0.2) is 40.1 Å². The molecule has 1 atom stereocenters. The maximum atomic E-state index is 13.6. The summed E-state index contributed by atoms with van der Waals surface area (Å²) in [5.74, 6) is -3.97. The Balaban J connectivity index is 0.00000324. The van der Waals surface area contributed by atoms with Gasteiger partial charge in [0, 0.05) is 36.4 Å². The maximum absolute atomic E-state index is 13.6. The number of rotatable bonds is 6. The molecule has 0 unspecified atom stereocenters. The molecule has 1 fully saturated rings. The van der Waals surface area contributed by atoms with Gasteiger partial charge in [-0.1, -0.05) is 48.6 Å². The van der Waals surface area contributed by atoms with Crippen LogP contribution >= 0.6 is 13.5 Å². The number of hydrogen-bond acceptors (Lipinski definition) is 4. The quantitative estimate of drug-likeness (QED) is 0.358. The van der Waals surface area contributed by atoms with Gasteiger partial charge in [0.25, 0.3) is 5.92 Å². The van der Waals surface area contributed by atoms with Crippen molar-refractivity contribution in [3.8, 4) is 6.07 Å². The lowest BCUT2D eigenvalue weighted by atomic mass is 10.00. The van der Waals surface area contributed by atoms with E-state index in [9.17, 15) is 18.4 Å². The van der Waals surface area contributed by atoms with E-state index in [4.69, 9.17) is 5.26 Å². The van der Waals surface area contributed by atoms with E-state index >= 15 is 0 Å². The Bertz CT molecular complexity index is 1270. The highest BCUT2D eigenvalue weighted by Crippen LogP contribution is 2.32. The minimum Gasteiger partial charge on any atom is -0.320 e. The van der Waals surface area contributed by atoms with Crippen LogP contribution in [0.2, 0.25) is 0 Å². The first kappa shape index (κ1) is 25.1. The van der Waals surface area contributed by atoms with Gasteiger partial charge in [0.2, 0.25) is 5.91 Å². The van der Waals surface area contributed by atoms with E-state index in [1.807, 2.05) is 60.7 Å². The maximum Gasteiger partial charge on any atom is 0.268 e. The van der Waals surface area contributed by atoms with Crippen LogP contribution in [0.3, 0.4) is 0 Å². The minimum absolute atomic E-state index is 0. The summed E-state index contributed by atoms with van der Waals surface area (Å²) in [6.45, 7) is -0.784. The Labute approximate surface area is 203 Å². The number of hydrogen-bond donors (Lipinski definition) is 0. The Morgan fingerprint density at radius 3 is 2.56 bits per heavy atom. The smallest absolute Gasteiger partial charge is 0.268 e. The monoisotopic (exact) mass is 479 g/mol. The molecule has 3 aromatic rings. The molecule has 4 rings (SSSR count). The first-order valence-electron chi connectivity index (χ1n) is 10.6. The fraction of sp³-hybridized carbons (Fsp3) is 0.231. The number of likely N-dealkylation sites (tertiary alicyclic amines) is 1. The van der Waals surface area contributed by atoms with Gasteiger partial charge < -0.3 is 4.90 Å². The second-order valence-corrected chi connectivity index (χ2v) is 8.03. The predicted octanol–water partition coefficient (Wildman–Crippen LogP) is 5.24. The van der Waals surface area contributed by atoms with E-state index in [0.717, 1.165) is 16.0 Å². The number of nitrogens with zero attached hydrogens (tertiary/aromatic N) is 3. The van der Waals surface area contributed by atoms with Crippen molar-refractivity contribution in [2.75, 3.05) is 6.54 Å². The number of aromatic nitrogens is 1. The molecule has 0 radical (unpaired) electrons. The third kappa shape index (κ3) is 5.67. The average Bonchev–Trinajstić information content (AvgIpc) is 3.15. The number of halogens is 2. The second kappa shape index (κ2) is 10.6. The zero-order chi connectivity index (χ0) is 23.4. The Morgan fingerprint density at radius 2 is 1.82 bits per heavy atom. The molecule has 0 spiro atoms. The number of pyridine rings is 1. The van der Waals surface area contributed by atoms with Crippen molar-refractivity contribution in [3.05, 3.63) is 77.5 Å². The van der Waals surface area contributed by atoms with Gasteiger partial charge >= 0.3 is 0 Å². The van der Waals surface area contributed by atoms with Crippen LogP contribution in [0, 0.1) is 11.3 Å². The fourth-order valence-electron chi connectivity index (χ4n) is 3.96. The first-order valence-corrected chi connectivity index (χ1v) is 10.6.